The Bertz CT molecular complexity index is 1190. The molecule has 0 spiro atoms. The number of halogens is 4. The Morgan fingerprint density at radius 1 is 1.09 bits per heavy atom. The molecular formula is C25H22ClF3N2O2. The predicted octanol–water partition coefficient (Wildman–Crippen LogP) is 5.35. The molecule has 1 fully saturated rings. The summed E-state index contributed by atoms with van der Waals surface area (Å²) in [6.45, 7) is 0. The largest absolute Gasteiger partial charge is 0.476 e. The summed E-state index contributed by atoms with van der Waals surface area (Å²) in [5.74, 6) is -0.0635. The summed E-state index contributed by atoms with van der Waals surface area (Å²) >= 11 is 6.16. The first-order valence-electron chi connectivity index (χ1n) is 10.5. The first-order chi connectivity index (χ1) is 15.6. The Morgan fingerprint density at radius 2 is 1.76 bits per heavy atom. The number of fused-ring (bicyclic) bond motifs is 3. The molecule has 1 aliphatic carbocycles. The summed E-state index contributed by atoms with van der Waals surface area (Å²) in [5.41, 5.74) is -2.04. The maximum absolute atomic E-state index is 13.3. The lowest BCUT2D eigenvalue weighted by atomic mass is 9.72. The van der Waals surface area contributed by atoms with Crippen molar-refractivity contribution < 1.29 is 23.0 Å². The van der Waals surface area contributed by atoms with Gasteiger partial charge in [0.1, 0.15) is 11.4 Å². The second-order valence-electron chi connectivity index (χ2n) is 8.90. The molecule has 1 aromatic heterocycles. The van der Waals surface area contributed by atoms with Crippen molar-refractivity contribution in [3.63, 3.8) is 0 Å². The van der Waals surface area contributed by atoms with Crippen LogP contribution in [0.5, 0.6) is 5.75 Å². The van der Waals surface area contributed by atoms with E-state index in [1.807, 2.05) is 49.3 Å². The Kier molecular flexibility index (Phi) is 5.01. The van der Waals surface area contributed by atoms with Crippen LogP contribution in [-0.4, -0.2) is 35.1 Å². The van der Waals surface area contributed by atoms with Gasteiger partial charge < -0.3 is 14.7 Å². The van der Waals surface area contributed by atoms with Gasteiger partial charge in [0.05, 0.1) is 10.6 Å². The van der Waals surface area contributed by atoms with Gasteiger partial charge in [-0.1, -0.05) is 54.1 Å². The third-order valence-electron chi connectivity index (χ3n) is 6.89. The van der Waals surface area contributed by atoms with Crippen LogP contribution >= 0.6 is 11.6 Å². The van der Waals surface area contributed by atoms with Gasteiger partial charge in [-0.2, -0.15) is 13.2 Å². The fraction of sp³-hybridized carbons (Fsp3) is 0.320. The number of aromatic nitrogens is 1. The number of benzene rings is 2. The highest BCUT2D eigenvalue weighted by Crippen LogP contribution is 2.66. The Hall–Kier alpha value is -2.61. The van der Waals surface area contributed by atoms with Crippen molar-refractivity contribution in [2.24, 2.45) is 0 Å². The highest BCUT2D eigenvalue weighted by Gasteiger charge is 2.72. The normalized spacial score (nSPS) is 28.5. The van der Waals surface area contributed by atoms with Gasteiger partial charge in [0.15, 0.2) is 11.2 Å². The lowest BCUT2D eigenvalue weighted by molar-refractivity contribution is -0.137. The van der Waals surface area contributed by atoms with Crippen molar-refractivity contribution in [3.05, 3.63) is 94.3 Å². The van der Waals surface area contributed by atoms with Gasteiger partial charge in [0, 0.05) is 30.6 Å². The molecule has 0 saturated heterocycles. The summed E-state index contributed by atoms with van der Waals surface area (Å²) in [5, 5.41) is 12.6. The van der Waals surface area contributed by atoms with Gasteiger partial charge in [0.25, 0.3) is 0 Å². The van der Waals surface area contributed by atoms with E-state index in [4.69, 9.17) is 16.3 Å². The number of ether oxygens (including phenoxy) is 1. The molecule has 2 aliphatic rings. The lowest BCUT2D eigenvalue weighted by Gasteiger charge is -2.41. The van der Waals surface area contributed by atoms with E-state index in [0.29, 0.717) is 22.0 Å². The number of hydrogen-bond donors (Lipinski definition) is 1. The van der Waals surface area contributed by atoms with E-state index in [0.717, 1.165) is 17.7 Å². The molecule has 0 amide bonds. The number of nitrogens with zero attached hydrogens (tertiary/aromatic N) is 2. The van der Waals surface area contributed by atoms with E-state index >= 15 is 0 Å². The van der Waals surface area contributed by atoms with Gasteiger partial charge in [0.2, 0.25) is 0 Å². The van der Waals surface area contributed by atoms with Crippen molar-refractivity contribution in [2.45, 2.75) is 35.8 Å². The molecule has 4 atom stereocenters. The number of hydrogen-bond acceptors (Lipinski definition) is 4. The molecular weight excluding hydrogens is 453 g/mol. The van der Waals surface area contributed by atoms with E-state index in [-0.39, 0.29) is 12.5 Å². The van der Waals surface area contributed by atoms with Crippen molar-refractivity contribution in [1.82, 2.24) is 9.88 Å². The van der Waals surface area contributed by atoms with Crippen LogP contribution in [0.3, 0.4) is 0 Å². The van der Waals surface area contributed by atoms with E-state index in [2.05, 4.69) is 4.98 Å². The summed E-state index contributed by atoms with van der Waals surface area (Å²) in [6.07, 6.45) is -2.74. The van der Waals surface area contributed by atoms with Crippen LogP contribution in [0.25, 0.3) is 0 Å². The molecule has 3 aromatic rings. The topological polar surface area (TPSA) is 45.6 Å². The van der Waals surface area contributed by atoms with Crippen LogP contribution in [0.1, 0.15) is 34.7 Å². The number of rotatable bonds is 3. The molecule has 4 nitrogen and oxygen atoms in total. The molecule has 0 bridgehead atoms. The quantitative estimate of drug-likeness (QED) is 0.556. The zero-order chi connectivity index (χ0) is 23.6. The van der Waals surface area contributed by atoms with Gasteiger partial charge in [-0.3, -0.25) is 4.98 Å². The third-order valence-corrected chi connectivity index (χ3v) is 7.09. The molecule has 2 aromatic carbocycles. The van der Waals surface area contributed by atoms with Gasteiger partial charge in [-0.25, -0.2) is 0 Å². The molecule has 1 saturated carbocycles. The Labute approximate surface area is 194 Å². The molecule has 1 aliphatic heterocycles. The zero-order valence-electron chi connectivity index (χ0n) is 18.0. The fourth-order valence-corrected chi connectivity index (χ4v) is 5.63. The lowest BCUT2D eigenvalue weighted by Crippen LogP contribution is -2.49. The summed E-state index contributed by atoms with van der Waals surface area (Å²) in [4.78, 5) is 6.43. The monoisotopic (exact) mass is 474 g/mol. The summed E-state index contributed by atoms with van der Waals surface area (Å²) < 4.78 is 46.4. The van der Waals surface area contributed by atoms with E-state index in [1.165, 1.54) is 18.3 Å². The molecule has 172 valence electrons. The van der Waals surface area contributed by atoms with E-state index in [1.54, 1.807) is 6.07 Å². The van der Waals surface area contributed by atoms with E-state index < -0.39 is 28.9 Å². The van der Waals surface area contributed by atoms with Crippen LogP contribution in [-0.2, 0) is 17.4 Å². The van der Waals surface area contributed by atoms with Crippen LogP contribution in [0, 0.1) is 0 Å². The van der Waals surface area contributed by atoms with Gasteiger partial charge in [-0.05, 0) is 37.4 Å². The smallest absolute Gasteiger partial charge is 0.416 e. The van der Waals surface area contributed by atoms with Crippen molar-refractivity contribution >= 4 is 11.6 Å². The van der Waals surface area contributed by atoms with Gasteiger partial charge >= 0.3 is 6.18 Å². The molecule has 5 rings (SSSR count). The first-order valence-corrected chi connectivity index (χ1v) is 10.9. The maximum Gasteiger partial charge on any atom is 0.416 e. The molecule has 0 radical (unpaired) electrons. The highest BCUT2D eigenvalue weighted by molar-refractivity contribution is 6.30. The highest BCUT2D eigenvalue weighted by atomic mass is 35.5. The second kappa shape index (κ2) is 7.45. The zero-order valence-corrected chi connectivity index (χ0v) is 18.7. The minimum Gasteiger partial charge on any atom is -0.476 e. The second-order valence-corrected chi connectivity index (χ2v) is 9.33. The van der Waals surface area contributed by atoms with Crippen LogP contribution in [0.2, 0.25) is 5.02 Å². The average molecular weight is 475 g/mol. The van der Waals surface area contributed by atoms with Crippen molar-refractivity contribution in [3.8, 4) is 5.75 Å². The Morgan fingerprint density at radius 3 is 2.36 bits per heavy atom. The average Bonchev–Trinajstić information content (AvgIpc) is 3.17. The van der Waals surface area contributed by atoms with Crippen LogP contribution < -0.4 is 4.74 Å². The third kappa shape index (κ3) is 3.17. The number of pyridine rings is 1. The molecule has 2 heterocycles. The standard InChI is InChI=1S/C25H22ClF3N2O2/c1-31(2)19-13-23(32)22-20(12-18(26)14-30-22)33-24(23,21(19)15-6-4-3-5-7-15)16-8-10-17(11-9-16)25(27,28)29/h3-12,14,19,21,32H,13H2,1-2H3/t19?,21?,23?,24-/m0/s1. The number of likely N-dealkylation sites (N-methyl/N-ethyl adjacent to an activating group) is 1. The van der Waals surface area contributed by atoms with Gasteiger partial charge in [-0.15, -0.1) is 0 Å². The van der Waals surface area contributed by atoms with E-state index in [9.17, 15) is 18.3 Å². The van der Waals surface area contributed by atoms with Crippen molar-refractivity contribution in [1.29, 1.82) is 0 Å². The molecule has 3 unspecified atom stereocenters. The number of alkyl halides is 3. The molecule has 1 N–H and O–H groups in total. The summed E-state index contributed by atoms with van der Waals surface area (Å²) in [7, 11) is 3.84. The molecule has 8 heteroatoms. The SMILES string of the molecule is CN(C)C1CC2(O)c3ncc(Cl)cc3O[C@@]2(c2ccc(C(F)(F)F)cc2)C1c1ccccc1. The first kappa shape index (κ1) is 22.2. The van der Waals surface area contributed by atoms with Crippen LogP contribution in [0.15, 0.2) is 66.9 Å². The summed E-state index contributed by atoms with van der Waals surface area (Å²) in [6, 6.07) is 15.9. The minimum atomic E-state index is -4.47. The fourth-order valence-electron chi connectivity index (χ4n) is 5.49. The molecule has 33 heavy (non-hydrogen) atoms. The van der Waals surface area contributed by atoms with Crippen molar-refractivity contribution in [2.75, 3.05) is 14.1 Å². The van der Waals surface area contributed by atoms with Crippen LogP contribution in [0.4, 0.5) is 13.2 Å². The number of aliphatic hydroxyl groups is 1. The Balaban J connectivity index is 1.78. The predicted molar refractivity (Wildman–Crippen MR) is 118 cm³/mol. The minimum absolute atomic E-state index is 0.176. The maximum atomic E-state index is 13.3.